The standard InChI is InChI=1S/C23H28N2O.ClH/c1-18(19-11-5-3-6-12-19)24-16-10-4-7-15-23(26)21-17-25(2)22-14-9-8-13-20(21)22;/h3,5-6,8-9,11-14,17-18,24H,4,7,10,15-16H2,1-2H3;1H. The van der Waals surface area contributed by atoms with Gasteiger partial charge in [0.2, 0.25) is 0 Å². The minimum atomic E-state index is 0. The molecule has 3 aromatic rings. The minimum Gasteiger partial charge on any atom is -0.350 e. The average molecular weight is 385 g/mol. The lowest BCUT2D eigenvalue weighted by atomic mass is 10.0. The van der Waals surface area contributed by atoms with E-state index < -0.39 is 0 Å². The Balaban J connectivity index is 0.00000261. The lowest BCUT2D eigenvalue weighted by molar-refractivity contribution is 0.0980. The summed E-state index contributed by atoms with van der Waals surface area (Å²) in [6.07, 6.45) is 5.72. The molecular weight excluding hydrogens is 356 g/mol. The van der Waals surface area contributed by atoms with Gasteiger partial charge >= 0.3 is 0 Å². The van der Waals surface area contributed by atoms with Gasteiger partial charge in [0.1, 0.15) is 0 Å². The zero-order valence-electron chi connectivity index (χ0n) is 16.2. The summed E-state index contributed by atoms with van der Waals surface area (Å²) in [6, 6.07) is 19.0. The van der Waals surface area contributed by atoms with Gasteiger partial charge in [0.15, 0.2) is 5.78 Å². The maximum Gasteiger partial charge on any atom is 0.165 e. The van der Waals surface area contributed by atoms with Gasteiger partial charge in [-0.3, -0.25) is 4.79 Å². The lowest BCUT2D eigenvalue weighted by Crippen LogP contribution is -2.19. The van der Waals surface area contributed by atoms with E-state index in [0.717, 1.165) is 42.3 Å². The van der Waals surface area contributed by atoms with E-state index >= 15 is 0 Å². The number of ketones is 1. The van der Waals surface area contributed by atoms with Crippen LogP contribution in [-0.4, -0.2) is 16.9 Å². The number of carbonyl (C=O) groups excluding carboxylic acids is 1. The van der Waals surface area contributed by atoms with Crippen molar-refractivity contribution in [2.75, 3.05) is 6.54 Å². The number of hydrogen-bond acceptors (Lipinski definition) is 2. The van der Waals surface area contributed by atoms with E-state index in [4.69, 9.17) is 0 Å². The molecule has 0 aliphatic carbocycles. The number of aromatic nitrogens is 1. The van der Waals surface area contributed by atoms with Crippen molar-refractivity contribution in [3.05, 3.63) is 71.9 Å². The smallest absolute Gasteiger partial charge is 0.165 e. The van der Waals surface area contributed by atoms with Gasteiger partial charge in [-0.2, -0.15) is 0 Å². The van der Waals surface area contributed by atoms with Gasteiger partial charge in [0.25, 0.3) is 0 Å². The Labute approximate surface area is 168 Å². The number of benzene rings is 2. The molecule has 0 bridgehead atoms. The first kappa shape index (κ1) is 21.2. The van der Waals surface area contributed by atoms with Crippen LogP contribution >= 0.6 is 12.4 Å². The number of rotatable bonds is 9. The fraction of sp³-hybridized carbons (Fsp3) is 0.348. The molecule has 3 rings (SSSR count). The van der Waals surface area contributed by atoms with Crippen LogP contribution in [0.25, 0.3) is 10.9 Å². The van der Waals surface area contributed by atoms with E-state index in [1.165, 1.54) is 5.56 Å². The predicted octanol–water partition coefficient (Wildman–Crippen LogP) is 5.69. The average Bonchev–Trinajstić information content (AvgIpc) is 3.02. The van der Waals surface area contributed by atoms with Crippen molar-refractivity contribution in [1.29, 1.82) is 0 Å². The molecule has 1 heterocycles. The predicted molar refractivity (Wildman–Crippen MR) is 116 cm³/mol. The lowest BCUT2D eigenvalue weighted by Gasteiger charge is -2.13. The zero-order chi connectivity index (χ0) is 18.4. The van der Waals surface area contributed by atoms with Crippen molar-refractivity contribution in [2.45, 2.75) is 38.6 Å². The SMILES string of the molecule is CC(NCCCCCC(=O)c1cn(C)c2ccccc12)c1ccccc1.Cl. The van der Waals surface area contributed by atoms with Crippen LogP contribution in [0.4, 0.5) is 0 Å². The van der Waals surface area contributed by atoms with Crippen LogP contribution in [0.15, 0.2) is 60.8 Å². The normalized spacial score (nSPS) is 11.9. The second kappa shape index (κ2) is 10.3. The third-order valence-corrected chi connectivity index (χ3v) is 5.03. The molecule has 2 aromatic carbocycles. The Morgan fingerprint density at radius 3 is 2.48 bits per heavy atom. The van der Waals surface area contributed by atoms with Gasteiger partial charge in [-0.05, 0) is 37.9 Å². The third kappa shape index (κ3) is 5.44. The maximum absolute atomic E-state index is 12.6. The number of para-hydroxylation sites is 1. The van der Waals surface area contributed by atoms with E-state index in [2.05, 4.69) is 42.6 Å². The molecule has 0 aliphatic heterocycles. The van der Waals surface area contributed by atoms with Crippen molar-refractivity contribution in [3.8, 4) is 0 Å². The summed E-state index contributed by atoms with van der Waals surface area (Å²) in [5.41, 5.74) is 3.30. The fourth-order valence-corrected chi connectivity index (χ4v) is 3.46. The van der Waals surface area contributed by atoms with Gasteiger partial charge in [0.05, 0.1) is 0 Å². The first-order valence-corrected chi connectivity index (χ1v) is 9.52. The quantitative estimate of drug-likeness (QED) is 0.379. The molecule has 4 heteroatoms. The second-order valence-electron chi connectivity index (χ2n) is 6.99. The fourth-order valence-electron chi connectivity index (χ4n) is 3.46. The Bertz CT molecular complexity index is 857. The van der Waals surface area contributed by atoms with Gasteiger partial charge in [-0.1, -0.05) is 55.0 Å². The Morgan fingerprint density at radius 2 is 1.70 bits per heavy atom. The summed E-state index contributed by atoms with van der Waals surface area (Å²) in [5, 5.41) is 4.63. The maximum atomic E-state index is 12.6. The van der Waals surface area contributed by atoms with Gasteiger partial charge in [-0.25, -0.2) is 0 Å². The number of fused-ring (bicyclic) bond motifs is 1. The highest BCUT2D eigenvalue weighted by molar-refractivity contribution is 6.08. The first-order valence-electron chi connectivity index (χ1n) is 9.52. The Kier molecular flexibility index (Phi) is 8.08. The highest BCUT2D eigenvalue weighted by Crippen LogP contribution is 2.22. The summed E-state index contributed by atoms with van der Waals surface area (Å²) >= 11 is 0. The molecule has 0 saturated heterocycles. The molecule has 0 aliphatic rings. The molecule has 0 spiro atoms. The molecule has 0 fully saturated rings. The topological polar surface area (TPSA) is 34.0 Å². The first-order chi connectivity index (χ1) is 12.7. The highest BCUT2D eigenvalue weighted by Gasteiger charge is 2.13. The van der Waals surface area contributed by atoms with E-state index in [0.29, 0.717) is 12.5 Å². The van der Waals surface area contributed by atoms with Crippen LogP contribution in [0.3, 0.4) is 0 Å². The Morgan fingerprint density at radius 1 is 1.00 bits per heavy atom. The summed E-state index contributed by atoms with van der Waals surface area (Å²) in [6.45, 7) is 3.18. The van der Waals surface area contributed by atoms with Crippen molar-refractivity contribution in [2.24, 2.45) is 7.05 Å². The Hall–Kier alpha value is -2.10. The number of aryl methyl sites for hydroxylation is 1. The number of Topliss-reactive ketones (excluding diaryl/α,β-unsaturated/α-hetero) is 1. The zero-order valence-corrected chi connectivity index (χ0v) is 17.0. The molecular formula is C23H29ClN2O. The molecule has 1 N–H and O–H groups in total. The van der Waals surface area contributed by atoms with Gasteiger partial charge < -0.3 is 9.88 Å². The molecule has 27 heavy (non-hydrogen) atoms. The molecule has 0 radical (unpaired) electrons. The van der Waals surface area contributed by atoms with Crippen LogP contribution in [0, 0.1) is 0 Å². The van der Waals surface area contributed by atoms with E-state index in [1.807, 2.05) is 42.1 Å². The van der Waals surface area contributed by atoms with Gasteiger partial charge in [0, 0.05) is 42.2 Å². The summed E-state index contributed by atoms with van der Waals surface area (Å²) in [5.74, 6) is 0.257. The third-order valence-electron chi connectivity index (χ3n) is 5.03. The van der Waals surface area contributed by atoms with Crippen LogP contribution in [0.1, 0.15) is 54.6 Å². The molecule has 0 amide bonds. The largest absolute Gasteiger partial charge is 0.350 e. The van der Waals surface area contributed by atoms with E-state index in [-0.39, 0.29) is 18.2 Å². The number of nitrogens with zero attached hydrogens (tertiary/aromatic N) is 1. The monoisotopic (exact) mass is 384 g/mol. The van der Waals surface area contributed by atoms with E-state index in [9.17, 15) is 4.79 Å². The highest BCUT2D eigenvalue weighted by atomic mass is 35.5. The number of hydrogen-bond donors (Lipinski definition) is 1. The number of nitrogens with one attached hydrogen (secondary N) is 1. The van der Waals surface area contributed by atoms with Crippen molar-refractivity contribution in [3.63, 3.8) is 0 Å². The molecule has 0 saturated carbocycles. The molecule has 1 atom stereocenters. The molecule has 1 aromatic heterocycles. The van der Waals surface area contributed by atoms with Crippen LogP contribution in [-0.2, 0) is 7.05 Å². The molecule has 1 unspecified atom stereocenters. The summed E-state index contributed by atoms with van der Waals surface area (Å²) in [7, 11) is 2.00. The summed E-state index contributed by atoms with van der Waals surface area (Å²) in [4.78, 5) is 12.6. The van der Waals surface area contributed by atoms with Crippen LogP contribution in [0.5, 0.6) is 0 Å². The minimum absolute atomic E-state index is 0. The van der Waals surface area contributed by atoms with Gasteiger partial charge in [-0.15, -0.1) is 12.4 Å². The van der Waals surface area contributed by atoms with Crippen molar-refractivity contribution < 1.29 is 4.79 Å². The van der Waals surface area contributed by atoms with Crippen molar-refractivity contribution in [1.82, 2.24) is 9.88 Å². The second-order valence-corrected chi connectivity index (χ2v) is 6.99. The van der Waals surface area contributed by atoms with Crippen LogP contribution < -0.4 is 5.32 Å². The van der Waals surface area contributed by atoms with Crippen molar-refractivity contribution >= 4 is 29.1 Å². The molecule has 144 valence electrons. The number of carbonyl (C=O) groups is 1. The van der Waals surface area contributed by atoms with Crippen LogP contribution in [0.2, 0.25) is 0 Å². The summed E-state index contributed by atoms with van der Waals surface area (Å²) < 4.78 is 2.04. The molecule has 3 nitrogen and oxygen atoms in total. The number of unbranched alkanes of at least 4 members (excludes halogenated alkanes) is 2. The van der Waals surface area contributed by atoms with E-state index in [1.54, 1.807) is 0 Å². The number of halogens is 1.